The summed E-state index contributed by atoms with van der Waals surface area (Å²) < 4.78 is 5.56. The molecule has 0 amide bonds. The van der Waals surface area contributed by atoms with E-state index >= 15 is 0 Å². The molecule has 0 aliphatic heterocycles. The quantitative estimate of drug-likeness (QED) is 0.871. The number of nitrogens with zero attached hydrogens (tertiary/aromatic N) is 3. The normalized spacial score (nSPS) is 17.4. The first-order valence-electron chi connectivity index (χ1n) is 6.51. The van der Waals surface area contributed by atoms with Gasteiger partial charge in [0.15, 0.2) is 0 Å². The maximum atomic E-state index is 5.86. The number of aromatic nitrogens is 3. The van der Waals surface area contributed by atoms with Crippen LogP contribution in [0, 0.1) is 0 Å². The molecule has 0 bridgehead atoms. The van der Waals surface area contributed by atoms with E-state index in [1.807, 2.05) is 18.7 Å². The van der Waals surface area contributed by atoms with Gasteiger partial charge in [-0.05, 0) is 37.6 Å². The highest BCUT2D eigenvalue weighted by Gasteiger charge is 2.32. The standard InChI is InChI=1S/C12H19ClN4OS/c1-3-18-11-16-9(13)15-10(17-11)14-8-12(19-2)6-4-5-7-12/h3-8H2,1-2H3,(H,14,15,16,17). The fraction of sp³-hybridized carbons (Fsp3) is 0.750. The molecule has 0 aromatic carbocycles. The Hall–Kier alpha value is -0.750. The number of halogens is 1. The number of anilines is 1. The Morgan fingerprint density at radius 2 is 2.05 bits per heavy atom. The summed E-state index contributed by atoms with van der Waals surface area (Å²) in [5.41, 5.74) is 0. The highest BCUT2D eigenvalue weighted by molar-refractivity contribution is 8.00. The first kappa shape index (κ1) is 14.7. The Labute approximate surface area is 122 Å². The number of hydrogen-bond acceptors (Lipinski definition) is 6. The molecule has 1 aliphatic carbocycles. The van der Waals surface area contributed by atoms with Crippen LogP contribution in [0.5, 0.6) is 6.01 Å². The molecule has 7 heteroatoms. The SMILES string of the molecule is CCOc1nc(Cl)nc(NCC2(SC)CCCC2)n1. The van der Waals surface area contributed by atoms with Crippen molar-refractivity contribution in [1.82, 2.24) is 15.0 Å². The first-order valence-corrected chi connectivity index (χ1v) is 8.11. The Kier molecular flexibility index (Phi) is 5.10. The van der Waals surface area contributed by atoms with E-state index in [4.69, 9.17) is 16.3 Å². The molecule has 0 radical (unpaired) electrons. The molecule has 0 spiro atoms. The summed E-state index contributed by atoms with van der Waals surface area (Å²) >= 11 is 7.78. The van der Waals surface area contributed by atoms with Crippen LogP contribution in [-0.4, -0.2) is 39.1 Å². The number of ether oxygens (including phenoxy) is 1. The van der Waals surface area contributed by atoms with E-state index in [-0.39, 0.29) is 11.3 Å². The van der Waals surface area contributed by atoms with Crippen molar-refractivity contribution in [2.24, 2.45) is 0 Å². The topological polar surface area (TPSA) is 59.9 Å². The zero-order valence-electron chi connectivity index (χ0n) is 11.3. The summed E-state index contributed by atoms with van der Waals surface area (Å²) in [4.78, 5) is 12.2. The van der Waals surface area contributed by atoms with E-state index in [0.717, 1.165) is 6.54 Å². The van der Waals surface area contributed by atoms with Crippen molar-refractivity contribution in [2.75, 3.05) is 24.7 Å². The van der Waals surface area contributed by atoms with Gasteiger partial charge in [-0.15, -0.1) is 0 Å². The van der Waals surface area contributed by atoms with Crippen molar-refractivity contribution in [1.29, 1.82) is 0 Å². The highest BCUT2D eigenvalue weighted by Crippen LogP contribution is 2.40. The van der Waals surface area contributed by atoms with Gasteiger partial charge in [0.05, 0.1) is 6.61 Å². The molecule has 1 N–H and O–H groups in total. The predicted octanol–water partition coefficient (Wildman–Crippen LogP) is 3.01. The van der Waals surface area contributed by atoms with Crippen LogP contribution < -0.4 is 10.1 Å². The Morgan fingerprint density at radius 3 is 2.68 bits per heavy atom. The van der Waals surface area contributed by atoms with E-state index in [1.165, 1.54) is 25.7 Å². The molecule has 2 rings (SSSR count). The summed E-state index contributed by atoms with van der Waals surface area (Å²) in [6.45, 7) is 3.24. The second kappa shape index (κ2) is 6.61. The molecule has 1 aliphatic rings. The van der Waals surface area contributed by atoms with Crippen LogP contribution in [0.3, 0.4) is 0 Å². The van der Waals surface area contributed by atoms with Crippen molar-refractivity contribution in [2.45, 2.75) is 37.4 Å². The Bertz CT molecular complexity index is 426. The number of hydrogen-bond donors (Lipinski definition) is 1. The second-order valence-corrected chi connectivity index (χ2v) is 6.20. The number of thioether (sulfide) groups is 1. The average molecular weight is 303 g/mol. The molecule has 0 unspecified atom stereocenters. The Morgan fingerprint density at radius 1 is 1.32 bits per heavy atom. The van der Waals surface area contributed by atoms with Crippen molar-refractivity contribution in [3.63, 3.8) is 0 Å². The minimum Gasteiger partial charge on any atom is -0.464 e. The van der Waals surface area contributed by atoms with Crippen LogP contribution in [0.1, 0.15) is 32.6 Å². The lowest BCUT2D eigenvalue weighted by Gasteiger charge is -2.26. The van der Waals surface area contributed by atoms with E-state index < -0.39 is 0 Å². The predicted molar refractivity (Wildman–Crippen MR) is 79.2 cm³/mol. The number of nitrogens with one attached hydrogen (secondary N) is 1. The molecular weight excluding hydrogens is 284 g/mol. The van der Waals surface area contributed by atoms with Crippen LogP contribution >= 0.6 is 23.4 Å². The molecular formula is C12H19ClN4OS. The summed E-state index contributed by atoms with van der Waals surface area (Å²) in [5, 5.41) is 3.43. The molecule has 5 nitrogen and oxygen atoms in total. The van der Waals surface area contributed by atoms with Crippen molar-refractivity contribution in [3.8, 4) is 6.01 Å². The molecule has 1 aromatic rings. The van der Waals surface area contributed by atoms with Crippen molar-refractivity contribution < 1.29 is 4.74 Å². The van der Waals surface area contributed by atoms with Gasteiger partial charge in [0.1, 0.15) is 0 Å². The summed E-state index contributed by atoms with van der Waals surface area (Å²) in [7, 11) is 0. The zero-order valence-corrected chi connectivity index (χ0v) is 12.9. The molecule has 0 saturated heterocycles. The minimum absolute atomic E-state index is 0.158. The van der Waals surface area contributed by atoms with Crippen LogP contribution in [-0.2, 0) is 0 Å². The third-order valence-corrected chi connectivity index (χ3v) is 4.97. The lowest BCUT2D eigenvalue weighted by Crippen LogP contribution is -2.30. The van der Waals surface area contributed by atoms with E-state index in [1.54, 1.807) is 0 Å². The minimum atomic E-state index is 0.158. The van der Waals surface area contributed by atoms with Crippen LogP contribution in [0.4, 0.5) is 5.95 Å². The fourth-order valence-corrected chi connectivity index (χ4v) is 3.38. The third kappa shape index (κ3) is 3.86. The fourth-order valence-electron chi connectivity index (χ4n) is 2.32. The van der Waals surface area contributed by atoms with Gasteiger partial charge >= 0.3 is 6.01 Å². The number of rotatable bonds is 6. The summed E-state index contributed by atoms with van der Waals surface area (Å²) in [5.74, 6) is 0.490. The smallest absolute Gasteiger partial charge is 0.322 e. The van der Waals surface area contributed by atoms with Gasteiger partial charge in [0.25, 0.3) is 0 Å². The summed E-state index contributed by atoms with van der Waals surface area (Å²) in [6.07, 6.45) is 7.23. The molecule has 1 fully saturated rings. The largest absolute Gasteiger partial charge is 0.464 e. The lowest BCUT2D eigenvalue weighted by atomic mass is 10.1. The lowest BCUT2D eigenvalue weighted by molar-refractivity contribution is 0.312. The monoisotopic (exact) mass is 302 g/mol. The van der Waals surface area contributed by atoms with Gasteiger partial charge in [-0.25, -0.2) is 0 Å². The van der Waals surface area contributed by atoms with Gasteiger partial charge in [-0.2, -0.15) is 26.7 Å². The maximum absolute atomic E-state index is 5.86. The molecule has 1 aromatic heterocycles. The molecule has 0 atom stereocenters. The summed E-state index contributed by atoms with van der Waals surface area (Å²) in [6, 6.07) is 0.273. The van der Waals surface area contributed by atoms with Crippen LogP contribution in [0.2, 0.25) is 5.28 Å². The zero-order chi connectivity index (χ0) is 13.7. The van der Waals surface area contributed by atoms with E-state index in [2.05, 4.69) is 26.5 Å². The van der Waals surface area contributed by atoms with Gasteiger partial charge in [-0.3, -0.25) is 0 Å². The van der Waals surface area contributed by atoms with Gasteiger partial charge in [-0.1, -0.05) is 12.8 Å². The Balaban J connectivity index is 2.02. The average Bonchev–Trinajstić information content (AvgIpc) is 2.86. The highest BCUT2D eigenvalue weighted by atomic mass is 35.5. The van der Waals surface area contributed by atoms with Gasteiger partial charge in [0, 0.05) is 11.3 Å². The molecule has 19 heavy (non-hydrogen) atoms. The third-order valence-electron chi connectivity index (χ3n) is 3.38. The molecule has 1 saturated carbocycles. The van der Waals surface area contributed by atoms with E-state index in [0.29, 0.717) is 17.3 Å². The van der Waals surface area contributed by atoms with Crippen LogP contribution in [0.25, 0.3) is 0 Å². The maximum Gasteiger partial charge on any atom is 0.322 e. The molecule has 106 valence electrons. The van der Waals surface area contributed by atoms with Gasteiger partial charge < -0.3 is 10.1 Å². The first-order chi connectivity index (χ1) is 9.17. The van der Waals surface area contributed by atoms with Crippen molar-refractivity contribution in [3.05, 3.63) is 5.28 Å². The van der Waals surface area contributed by atoms with Gasteiger partial charge in [0.2, 0.25) is 11.2 Å². The van der Waals surface area contributed by atoms with E-state index in [9.17, 15) is 0 Å². The molecule has 1 heterocycles. The van der Waals surface area contributed by atoms with Crippen LogP contribution in [0.15, 0.2) is 0 Å². The second-order valence-electron chi connectivity index (χ2n) is 4.59. The van der Waals surface area contributed by atoms with Crippen molar-refractivity contribution >= 4 is 29.3 Å².